The van der Waals surface area contributed by atoms with E-state index in [0.29, 0.717) is 32.5 Å². The second-order valence-electron chi connectivity index (χ2n) is 6.66. The smallest absolute Gasteiger partial charge is 0.355 e. The molecule has 1 N–H and O–H groups in total. The van der Waals surface area contributed by atoms with Crippen molar-refractivity contribution < 1.29 is 19.1 Å². The Morgan fingerprint density at radius 2 is 1.77 bits per heavy atom. The number of carbonyl (C=O) groups is 2. The van der Waals surface area contributed by atoms with Crippen LogP contribution >= 0.6 is 11.6 Å². The Balaban J connectivity index is 2.06. The number of anilines is 1. The number of halogens is 1. The second-order valence-corrected chi connectivity index (χ2v) is 7.10. The lowest BCUT2D eigenvalue weighted by atomic mass is 10.1. The molecule has 0 unspecified atom stereocenters. The summed E-state index contributed by atoms with van der Waals surface area (Å²) in [6.45, 7) is 0. The molecule has 7 nitrogen and oxygen atoms in total. The summed E-state index contributed by atoms with van der Waals surface area (Å²) in [5, 5.41) is 1.31. The number of hydrogen-bond donors (Lipinski definition) is 1. The van der Waals surface area contributed by atoms with E-state index in [-0.39, 0.29) is 16.7 Å². The Bertz CT molecular complexity index is 1380. The van der Waals surface area contributed by atoms with Gasteiger partial charge < -0.3 is 19.4 Å². The van der Waals surface area contributed by atoms with E-state index in [9.17, 15) is 14.4 Å². The molecule has 0 atom stereocenters. The van der Waals surface area contributed by atoms with Crippen LogP contribution in [0.25, 0.3) is 21.8 Å². The van der Waals surface area contributed by atoms with Crippen molar-refractivity contribution in [3.05, 3.63) is 87.3 Å². The zero-order valence-electron chi connectivity index (χ0n) is 16.6. The highest BCUT2D eigenvalue weighted by Gasteiger charge is 2.28. The maximum absolute atomic E-state index is 13.1. The van der Waals surface area contributed by atoms with Crippen molar-refractivity contribution in [2.24, 2.45) is 0 Å². The summed E-state index contributed by atoms with van der Waals surface area (Å²) in [7, 11) is 2.45. The van der Waals surface area contributed by atoms with Crippen LogP contribution in [-0.4, -0.2) is 31.1 Å². The molecule has 0 spiro atoms. The van der Waals surface area contributed by atoms with Crippen molar-refractivity contribution in [1.82, 2.24) is 4.98 Å². The number of hydrogen-bond acceptors (Lipinski definition) is 6. The van der Waals surface area contributed by atoms with Gasteiger partial charge in [0, 0.05) is 27.5 Å². The summed E-state index contributed by atoms with van der Waals surface area (Å²) in [5.74, 6) is -1.43. The molecule has 0 amide bonds. The molecular formula is C23H17ClN2O5. The molecule has 8 heteroatoms. The minimum Gasteiger partial charge on any atom is -0.465 e. The number of esters is 2. The van der Waals surface area contributed by atoms with Gasteiger partial charge in [-0.25, -0.2) is 9.59 Å². The lowest BCUT2D eigenvalue weighted by molar-refractivity contribution is -0.139. The van der Waals surface area contributed by atoms with Crippen LogP contribution in [0.2, 0.25) is 5.02 Å². The van der Waals surface area contributed by atoms with E-state index in [2.05, 4.69) is 4.98 Å². The minimum atomic E-state index is -0.733. The lowest BCUT2D eigenvalue weighted by Gasteiger charge is -2.24. The van der Waals surface area contributed by atoms with Crippen LogP contribution < -0.4 is 10.3 Å². The van der Waals surface area contributed by atoms with Gasteiger partial charge in [0.25, 0.3) is 0 Å². The average molecular weight is 437 g/mol. The molecule has 0 saturated carbocycles. The van der Waals surface area contributed by atoms with Gasteiger partial charge in [0.05, 0.1) is 31.0 Å². The zero-order chi connectivity index (χ0) is 22.1. The first-order valence-corrected chi connectivity index (χ1v) is 9.63. The first-order chi connectivity index (χ1) is 15.0. The van der Waals surface area contributed by atoms with Crippen molar-refractivity contribution in [3.8, 4) is 0 Å². The third kappa shape index (κ3) is 3.49. The molecule has 2 aromatic carbocycles. The molecule has 1 aromatic heterocycles. The largest absolute Gasteiger partial charge is 0.465 e. The fourth-order valence-electron chi connectivity index (χ4n) is 3.51. The number of pyridine rings is 1. The molecule has 2 heterocycles. The standard InChI is InChI=1S/C23H17ClN2O5/c1-30-22(28)15-6-3-4-11-26(20(15)23(29)31-2)18-8-5-7-14-19(18)25-17-10-9-13(24)12-16(17)21(14)27/h3-12H,1-2H3,(H,25,27). The number of ether oxygens (including phenoxy) is 2. The van der Waals surface area contributed by atoms with E-state index < -0.39 is 11.9 Å². The molecule has 1 aliphatic heterocycles. The Labute approximate surface area is 181 Å². The van der Waals surface area contributed by atoms with E-state index in [1.807, 2.05) is 0 Å². The van der Waals surface area contributed by atoms with Crippen molar-refractivity contribution in [1.29, 1.82) is 0 Å². The van der Waals surface area contributed by atoms with Gasteiger partial charge in [-0.3, -0.25) is 4.79 Å². The first-order valence-electron chi connectivity index (χ1n) is 9.25. The quantitative estimate of drug-likeness (QED) is 0.496. The normalized spacial score (nSPS) is 13.6. The summed E-state index contributed by atoms with van der Waals surface area (Å²) in [6.07, 6.45) is 6.36. The van der Waals surface area contributed by atoms with Gasteiger partial charge in [0.15, 0.2) is 5.43 Å². The molecule has 31 heavy (non-hydrogen) atoms. The predicted molar refractivity (Wildman–Crippen MR) is 119 cm³/mol. The molecule has 0 saturated heterocycles. The molecule has 0 aliphatic carbocycles. The Morgan fingerprint density at radius 3 is 2.52 bits per heavy atom. The van der Waals surface area contributed by atoms with Gasteiger partial charge in [-0.05, 0) is 42.5 Å². The van der Waals surface area contributed by atoms with Gasteiger partial charge in [-0.2, -0.15) is 0 Å². The SMILES string of the molecule is COC(=O)C1=C(C(=O)OC)N(c2cccc3c(=O)c4cc(Cl)ccc4[nH]c23)C=CC=C1. The van der Waals surface area contributed by atoms with Gasteiger partial charge in [0.2, 0.25) is 0 Å². The fraction of sp³-hybridized carbons (Fsp3) is 0.0870. The van der Waals surface area contributed by atoms with E-state index in [1.165, 1.54) is 25.2 Å². The zero-order valence-corrected chi connectivity index (χ0v) is 17.4. The van der Waals surface area contributed by atoms with Crippen molar-refractivity contribution in [3.63, 3.8) is 0 Å². The fourth-order valence-corrected chi connectivity index (χ4v) is 3.68. The number of benzene rings is 2. The van der Waals surface area contributed by atoms with Crippen LogP contribution in [0.3, 0.4) is 0 Å². The third-order valence-corrected chi connectivity index (χ3v) is 5.16. The van der Waals surface area contributed by atoms with Crippen LogP contribution in [-0.2, 0) is 19.1 Å². The molecule has 1 aliphatic rings. The highest BCUT2D eigenvalue weighted by atomic mass is 35.5. The molecule has 4 rings (SSSR count). The number of nitrogens with one attached hydrogen (secondary N) is 1. The number of aromatic nitrogens is 1. The first kappa shape index (κ1) is 20.4. The summed E-state index contributed by atoms with van der Waals surface area (Å²) in [4.78, 5) is 43.0. The summed E-state index contributed by atoms with van der Waals surface area (Å²) >= 11 is 6.06. The molecule has 0 radical (unpaired) electrons. The highest BCUT2D eigenvalue weighted by molar-refractivity contribution is 6.31. The number of H-pyrrole nitrogens is 1. The van der Waals surface area contributed by atoms with Crippen molar-refractivity contribution in [2.75, 3.05) is 19.1 Å². The van der Waals surface area contributed by atoms with E-state index in [4.69, 9.17) is 21.1 Å². The number of carbonyl (C=O) groups excluding carboxylic acids is 2. The van der Waals surface area contributed by atoms with Gasteiger partial charge in [0.1, 0.15) is 5.70 Å². The maximum atomic E-state index is 13.1. The summed E-state index contributed by atoms with van der Waals surface area (Å²) < 4.78 is 9.79. The van der Waals surface area contributed by atoms with E-state index in [1.54, 1.807) is 54.8 Å². The molecular weight excluding hydrogens is 420 g/mol. The van der Waals surface area contributed by atoms with Crippen LogP contribution in [0, 0.1) is 0 Å². The third-order valence-electron chi connectivity index (χ3n) is 4.92. The molecule has 0 fully saturated rings. The average Bonchev–Trinajstić information content (AvgIpc) is 3.01. The highest BCUT2D eigenvalue weighted by Crippen LogP contribution is 2.32. The Morgan fingerprint density at radius 1 is 1.00 bits per heavy atom. The molecule has 3 aromatic rings. The van der Waals surface area contributed by atoms with Crippen LogP contribution in [0.5, 0.6) is 0 Å². The van der Waals surface area contributed by atoms with Gasteiger partial charge >= 0.3 is 11.9 Å². The minimum absolute atomic E-state index is 0.0197. The van der Waals surface area contributed by atoms with Crippen LogP contribution in [0.15, 0.2) is 76.9 Å². The number of methoxy groups -OCH3 is 2. The topological polar surface area (TPSA) is 88.7 Å². The second kappa shape index (κ2) is 8.12. The number of para-hydroxylation sites is 1. The van der Waals surface area contributed by atoms with E-state index in [0.717, 1.165) is 0 Å². The van der Waals surface area contributed by atoms with Crippen molar-refractivity contribution >= 4 is 51.0 Å². The van der Waals surface area contributed by atoms with Crippen LogP contribution in [0.4, 0.5) is 5.69 Å². The number of allylic oxidation sites excluding steroid dienone is 2. The number of aromatic amines is 1. The van der Waals surface area contributed by atoms with Gasteiger partial charge in [-0.1, -0.05) is 23.7 Å². The summed E-state index contributed by atoms with van der Waals surface area (Å²) in [5.41, 5.74) is 1.33. The monoisotopic (exact) mass is 436 g/mol. The maximum Gasteiger partial charge on any atom is 0.355 e. The number of fused-ring (bicyclic) bond motifs is 2. The predicted octanol–water partition coefficient (Wildman–Crippen LogP) is 3.82. The molecule has 156 valence electrons. The Kier molecular flexibility index (Phi) is 5.35. The number of nitrogens with zero attached hydrogens (tertiary/aromatic N) is 1. The van der Waals surface area contributed by atoms with Gasteiger partial charge in [-0.15, -0.1) is 0 Å². The number of rotatable bonds is 3. The van der Waals surface area contributed by atoms with E-state index >= 15 is 0 Å². The van der Waals surface area contributed by atoms with Crippen LogP contribution in [0.1, 0.15) is 0 Å². The van der Waals surface area contributed by atoms with Crippen molar-refractivity contribution in [2.45, 2.75) is 0 Å². The molecule has 0 bridgehead atoms. The Hall–Kier alpha value is -3.84. The summed E-state index contributed by atoms with van der Waals surface area (Å²) in [6, 6.07) is 10.1. The lowest BCUT2D eigenvalue weighted by Crippen LogP contribution is -2.27.